The van der Waals surface area contributed by atoms with Gasteiger partial charge in [0.05, 0.1) is 11.1 Å². The van der Waals surface area contributed by atoms with Crippen LogP contribution in [0.5, 0.6) is 11.6 Å². The summed E-state index contributed by atoms with van der Waals surface area (Å²) in [7, 11) is 1.89. The van der Waals surface area contributed by atoms with Crippen LogP contribution in [0.25, 0.3) is 33.4 Å². The van der Waals surface area contributed by atoms with E-state index in [1.165, 1.54) is 6.33 Å². The molecule has 3 aromatic heterocycles. The van der Waals surface area contributed by atoms with E-state index in [1.54, 1.807) is 42.6 Å². The summed E-state index contributed by atoms with van der Waals surface area (Å²) in [5, 5.41) is 16.4. The van der Waals surface area contributed by atoms with Gasteiger partial charge >= 0.3 is 0 Å². The van der Waals surface area contributed by atoms with E-state index in [-0.39, 0.29) is 12.3 Å². The van der Waals surface area contributed by atoms with E-state index in [2.05, 4.69) is 32.2 Å². The smallest absolute Gasteiger partial charge is 0.219 e. The maximum Gasteiger partial charge on any atom is 0.219 e. The summed E-state index contributed by atoms with van der Waals surface area (Å²) in [5.41, 5.74) is 4.69. The highest BCUT2D eigenvalue weighted by molar-refractivity contribution is 6.09. The zero-order valence-electron chi connectivity index (χ0n) is 20.2. The molecule has 0 bridgehead atoms. The second-order valence-corrected chi connectivity index (χ2v) is 8.80. The van der Waals surface area contributed by atoms with Gasteiger partial charge in [-0.05, 0) is 35.4 Å². The molecule has 0 fully saturated rings. The molecular formula is C28H22F2N6O2. The summed E-state index contributed by atoms with van der Waals surface area (Å²) in [5.74, 6) is -0.424. The molecule has 190 valence electrons. The predicted octanol–water partition coefficient (Wildman–Crippen LogP) is 5.77. The Balaban J connectivity index is 1.50. The second-order valence-electron chi connectivity index (χ2n) is 8.80. The van der Waals surface area contributed by atoms with Crippen LogP contribution in [-0.4, -0.2) is 30.9 Å². The number of nitrogens with zero attached hydrogens (tertiary/aromatic N) is 4. The number of rotatable bonds is 6. The lowest BCUT2D eigenvalue weighted by Crippen LogP contribution is -2.18. The molecule has 0 aliphatic carbocycles. The molecule has 0 saturated carbocycles. The average Bonchev–Trinajstić information content (AvgIpc) is 3.11. The van der Waals surface area contributed by atoms with Gasteiger partial charge in [-0.15, -0.1) is 0 Å². The first-order valence-corrected chi connectivity index (χ1v) is 11.8. The maximum absolute atomic E-state index is 15.9. The first kappa shape index (κ1) is 23.6. The summed E-state index contributed by atoms with van der Waals surface area (Å²) in [6.07, 6.45) is 1.54. The van der Waals surface area contributed by atoms with Crippen molar-refractivity contribution in [2.45, 2.75) is 12.8 Å². The van der Waals surface area contributed by atoms with E-state index in [9.17, 15) is 9.50 Å². The number of nitrogens with one attached hydrogen (secondary N) is 2. The van der Waals surface area contributed by atoms with Crippen LogP contribution in [0.15, 0.2) is 79.5 Å². The highest BCUT2D eigenvalue weighted by atomic mass is 19.1. The van der Waals surface area contributed by atoms with E-state index >= 15 is 4.39 Å². The Labute approximate surface area is 216 Å². The van der Waals surface area contributed by atoms with Gasteiger partial charge in [0.15, 0.2) is 17.8 Å². The summed E-state index contributed by atoms with van der Waals surface area (Å²) in [6.45, 7) is 3.30. The molecule has 2 aromatic carbocycles. The number of aliphatic hydroxyl groups excluding tert-OH is 1. The Morgan fingerprint density at radius 2 is 1.95 bits per heavy atom. The van der Waals surface area contributed by atoms with Crippen molar-refractivity contribution < 1.29 is 18.6 Å². The van der Waals surface area contributed by atoms with Crippen LogP contribution in [-0.2, 0) is 13.6 Å². The van der Waals surface area contributed by atoms with E-state index in [1.807, 2.05) is 29.8 Å². The van der Waals surface area contributed by atoms with Gasteiger partial charge in [-0.25, -0.2) is 23.7 Å². The van der Waals surface area contributed by atoms with Crippen molar-refractivity contribution in [2.24, 2.45) is 7.05 Å². The van der Waals surface area contributed by atoms with Crippen molar-refractivity contribution in [1.29, 1.82) is 0 Å². The monoisotopic (exact) mass is 512 g/mol. The Hall–Kier alpha value is -4.83. The Kier molecular flexibility index (Phi) is 5.73. The lowest BCUT2D eigenvalue weighted by molar-refractivity contribution is 0.211. The maximum atomic E-state index is 15.9. The number of fused-ring (bicyclic) bond motifs is 2. The molecule has 1 aliphatic rings. The molecule has 8 nitrogen and oxygen atoms in total. The largest absolute Gasteiger partial charge is 0.436 e. The van der Waals surface area contributed by atoms with Crippen LogP contribution in [0.2, 0.25) is 0 Å². The molecule has 6 rings (SSSR count). The zero-order valence-corrected chi connectivity index (χ0v) is 20.2. The summed E-state index contributed by atoms with van der Waals surface area (Å²) >= 11 is 0. The Morgan fingerprint density at radius 3 is 2.68 bits per heavy atom. The molecule has 0 spiro atoms. The van der Waals surface area contributed by atoms with Gasteiger partial charge < -0.3 is 25.0 Å². The summed E-state index contributed by atoms with van der Waals surface area (Å²) < 4.78 is 36.8. The fourth-order valence-electron chi connectivity index (χ4n) is 4.73. The van der Waals surface area contributed by atoms with Crippen LogP contribution in [0.1, 0.15) is 5.56 Å². The van der Waals surface area contributed by atoms with Crippen LogP contribution in [0.4, 0.5) is 20.3 Å². The minimum atomic E-state index is -1.51. The molecule has 0 saturated heterocycles. The normalized spacial score (nSPS) is 12.8. The molecule has 1 aliphatic heterocycles. The van der Waals surface area contributed by atoms with Crippen LogP contribution >= 0.6 is 0 Å². The van der Waals surface area contributed by atoms with Crippen molar-refractivity contribution in [3.05, 3.63) is 90.9 Å². The molecule has 38 heavy (non-hydrogen) atoms. The molecule has 0 radical (unpaired) electrons. The number of pyridine rings is 1. The van der Waals surface area contributed by atoms with Crippen molar-refractivity contribution in [3.63, 3.8) is 0 Å². The van der Waals surface area contributed by atoms with Gasteiger partial charge in [0.1, 0.15) is 23.6 Å². The number of hydrogen-bond acceptors (Lipinski definition) is 7. The molecule has 1 atom stereocenters. The first-order chi connectivity index (χ1) is 18.4. The van der Waals surface area contributed by atoms with Crippen molar-refractivity contribution in [1.82, 2.24) is 19.5 Å². The number of benzene rings is 2. The second kappa shape index (κ2) is 9.24. The number of aryl methyl sites for hydroxylation is 1. The first-order valence-electron chi connectivity index (χ1n) is 11.8. The van der Waals surface area contributed by atoms with E-state index in [4.69, 9.17) is 4.74 Å². The third-order valence-corrected chi connectivity index (χ3v) is 6.49. The third-order valence-electron chi connectivity index (χ3n) is 6.49. The zero-order chi connectivity index (χ0) is 26.4. The molecule has 1 unspecified atom stereocenters. The average molecular weight is 513 g/mol. The van der Waals surface area contributed by atoms with Gasteiger partial charge in [0.2, 0.25) is 5.88 Å². The number of ether oxygens (including phenoxy) is 1. The minimum absolute atomic E-state index is 0.0680. The summed E-state index contributed by atoms with van der Waals surface area (Å²) in [4.78, 5) is 13.1. The van der Waals surface area contributed by atoms with Gasteiger partial charge in [-0.2, -0.15) is 0 Å². The lowest BCUT2D eigenvalue weighted by atomic mass is 9.95. The SMILES string of the molecule is C=C(F)C(O)Nc1ccc(-c2c3c4c(ncnc4n2C)NCc2c-3ccc(Oc3ccccn3)c2F)cc1. The molecule has 3 N–H and O–H groups in total. The Morgan fingerprint density at radius 1 is 1.13 bits per heavy atom. The Bertz CT molecular complexity index is 1690. The fourth-order valence-corrected chi connectivity index (χ4v) is 4.73. The highest BCUT2D eigenvalue weighted by Crippen LogP contribution is 2.46. The predicted molar refractivity (Wildman–Crippen MR) is 141 cm³/mol. The van der Waals surface area contributed by atoms with E-state index < -0.39 is 17.9 Å². The highest BCUT2D eigenvalue weighted by Gasteiger charge is 2.29. The number of halogens is 2. The molecular weight excluding hydrogens is 490 g/mol. The molecule has 0 amide bonds. The minimum Gasteiger partial charge on any atom is -0.436 e. The van der Waals surface area contributed by atoms with Crippen molar-refractivity contribution in [3.8, 4) is 34.0 Å². The molecule has 10 heteroatoms. The molecule has 5 aromatic rings. The topological polar surface area (TPSA) is 97.1 Å². The summed E-state index contributed by atoms with van der Waals surface area (Å²) in [6, 6.07) is 15.7. The van der Waals surface area contributed by atoms with Gasteiger partial charge in [0, 0.05) is 42.7 Å². The molecule has 4 heterocycles. The number of aromatic nitrogens is 4. The number of anilines is 2. The fraction of sp³-hybridized carbons (Fsp3) is 0.107. The van der Waals surface area contributed by atoms with Gasteiger partial charge in [0.25, 0.3) is 0 Å². The third kappa shape index (κ3) is 3.91. The van der Waals surface area contributed by atoms with Gasteiger partial charge in [-0.3, -0.25) is 0 Å². The lowest BCUT2D eigenvalue weighted by Gasteiger charge is -2.15. The van der Waals surface area contributed by atoms with Crippen molar-refractivity contribution >= 4 is 22.5 Å². The van der Waals surface area contributed by atoms with Crippen LogP contribution in [0.3, 0.4) is 0 Å². The van der Waals surface area contributed by atoms with E-state index in [0.29, 0.717) is 34.2 Å². The van der Waals surface area contributed by atoms with E-state index in [0.717, 1.165) is 22.2 Å². The van der Waals surface area contributed by atoms with Gasteiger partial charge in [-0.1, -0.05) is 30.8 Å². The quantitative estimate of drug-likeness (QED) is 0.249. The standard InChI is InChI=1S/C28H22F2N6O2/c1-15(29)28(37)35-17-8-6-16(7-9-17)25-22-18-10-11-20(38-21-5-3-4-12-31-21)24(30)19(18)13-32-26-23(22)27(36(25)2)34-14-33-26/h3-12,14,28,35,37H,1,13H2,2H3,(H,32,33,34). The van der Waals surface area contributed by atoms with Crippen LogP contribution < -0.4 is 15.4 Å². The number of hydrogen-bond donors (Lipinski definition) is 3. The van der Waals surface area contributed by atoms with Crippen molar-refractivity contribution in [2.75, 3.05) is 10.6 Å². The number of aliphatic hydroxyl groups is 1. The van der Waals surface area contributed by atoms with Crippen LogP contribution in [0, 0.1) is 5.82 Å².